The van der Waals surface area contributed by atoms with Crippen LogP contribution in [0.4, 0.5) is 10.1 Å². The molecule has 2 rings (SSSR count). The highest BCUT2D eigenvalue weighted by Crippen LogP contribution is 2.19. The van der Waals surface area contributed by atoms with Gasteiger partial charge < -0.3 is 10.0 Å². The smallest absolute Gasteiger partial charge is 0.335 e. The van der Waals surface area contributed by atoms with E-state index < -0.39 is 11.8 Å². The molecule has 108 valence electrons. The molecule has 4 nitrogen and oxygen atoms in total. The van der Waals surface area contributed by atoms with Crippen LogP contribution in [0.5, 0.6) is 0 Å². The minimum Gasteiger partial charge on any atom is -0.478 e. The Kier molecular flexibility index (Phi) is 4.33. The van der Waals surface area contributed by atoms with Crippen molar-refractivity contribution in [1.29, 1.82) is 0 Å². The molecule has 0 radical (unpaired) electrons. The standard InChI is InChI=1S/C16H14FNO3/c1-11(19)18(15-4-2-3-14(17)9-15)10-12-5-7-13(8-6-12)16(20)21/h2-9H,10H2,1H3,(H,20,21). The van der Waals surface area contributed by atoms with Crippen LogP contribution < -0.4 is 4.90 Å². The van der Waals surface area contributed by atoms with Crippen LogP contribution in [0.15, 0.2) is 48.5 Å². The number of carboxylic acids is 1. The van der Waals surface area contributed by atoms with Gasteiger partial charge in [-0.3, -0.25) is 4.79 Å². The quantitative estimate of drug-likeness (QED) is 0.940. The second-order valence-electron chi connectivity index (χ2n) is 4.59. The van der Waals surface area contributed by atoms with Crippen LogP contribution in [0.25, 0.3) is 0 Å². The van der Waals surface area contributed by atoms with Crippen LogP contribution in [0.2, 0.25) is 0 Å². The first-order valence-electron chi connectivity index (χ1n) is 6.33. The van der Waals surface area contributed by atoms with E-state index >= 15 is 0 Å². The molecule has 0 aromatic heterocycles. The van der Waals surface area contributed by atoms with Crippen molar-refractivity contribution in [3.05, 3.63) is 65.5 Å². The number of nitrogens with zero attached hydrogens (tertiary/aromatic N) is 1. The van der Waals surface area contributed by atoms with Crippen LogP contribution in [0.3, 0.4) is 0 Å². The number of carbonyl (C=O) groups is 2. The Balaban J connectivity index is 2.24. The van der Waals surface area contributed by atoms with Crippen LogP contribution in [-0.4, -0.2) is 17.0 Å². The molecule has 21 heavy (non-hydrogen) atoms. The fourth-order valence-corrected chi connectivity index (χ4v) is 1.96. The third-order valence-corrected chi connectivity index (χ3v) is 3.04. The van der Waals surface area contributed by atoms with Crippen LogP contribution in [0, 0.1) is 5.82 Å². The van der Waals surface area contributed by atoms with Crippen molar-refractivity contribution in [1.82, 2.24) is 0 Å². The summed E-state index contributed by atoms with van der Waals surface area (Å²) >= 11 is 0. The lowest BCUT2D eigenvalue weighted by molar-refractivity contribution is -0.116. The molecule has 0 bridgehead atoms. The molecule has 2 aromatic carbocycles. The number of hydrogen-bond acceptors (Lipinski definition) is 2. The number of amides is 1. The Bertz CT molecular complexity index is 667. The Morgan fingerprint density at radius 2 is 1.81 bits per heavy atom. The predicted molar refractivity (Wildman–Crippen MR) is 76.7 cm³/mol. The van der Waals surface area contributed by atoms with E-state index in [4.69, 9.17) is 5.11 Å². The molecule has 1 amide bonds. The van der Waals surface area contributed by atoms with Gasteiger partial charge in [0.15, 0.2) is 0 Å². The molecule has 1 N–H and O–H groups in total. The lowest BCUT2D eigenvalue weighted by atomic mass is 10.1. The first-order chi connectivity index (χ1) is 9.97. The first kappa shape index (κ1) is 14.7. The maximum atomic E-state index is 13.3. The van der Waals surface area contributed by atoms with Gasteiger partial charge in [-0.25, -0.2) is 9.18 Å². The number of anilines is 1. The maximum absolute atomic E-state index is 13.3. The van der Waals surface area contributed by atoms with E-state index in [0.29, 0.717) is 5.69 Å². The molecular formula is C16H14FNO3. The van der Waals surface area contributed by atoms with Crippen molar-refractivity contribution in [2.24, 2.45) is 0 Å². The van der Waals surface area contributed by atoms with Gasteiger partial charge in [-0.05, 0) is 35.9 Å². The third kappa shape index (κ3) is 3.66. The highest BCUT2D eigenvalue weighted by molar-refractivity contribution is 5.91. The third-order valence-electron chi connectivity index (χ3n) is 3.04. The van der Waals surface area contributed by atoms with Gasteiger partial charge in [0.05, 0.1) is 12.1 Å². The molecule has 0 atom stereocenters. The van der Waals surface area contributed by atoms with Crippen LogP contribution in [-0.2, 0) is 11.3 Å². The van der Waals surface area contributed by atoms with Gasteiger partial charge in [-0.1, -0.05) is 18.2 Å². The maximum Gasteiger partial charge on any atom is 0.335 e. The summed E-state index contributed by atoms with van der Waals surface area (Å²) in [6.07, 6.45) is 0. The van der Waals surface area contributed by atoms with Gasteiger partial charge in [-0.15, -0.1) is 0 Å². The highest BCUT2D eigenvalue weighted by atomic mass is 19.1. The van der Waals surface area contributed by atoms with Crippen molar-refractivity contribution in [3.8, 4) is 0 Å². The molecule has 0 unspecified atom stereocenters. The molecule has 0 saturated heterocycles. The number of hydrogen-bond donors (Lipinski definition) is 1. The number of rotatable bonds is 4. The fraction of sp³-hybridized carbons (Fsp3) is 0.125. The second-order valence-corrected chi connectivity index (χ2v) is 4.59. The van der Waals surface area contributed by atoms with E-state index in [1.165, 1.54) is 42.2 Å². The summed E-state index contributed by atoms with van der Waals surface area (Å²) in [6.45, 7) is 1.65. The summed E-state index contributed by atoms with van der Waals surface area (Å²) in [5.41, 5.74) is 1.41. The minimum absolute atomic E-state index is 0.180. The van der Waals surface area contributed by atoms with Crippen molar-refractivity contribution < 1.29 is 19.1 Å². The largest absolute Gasteiger partial charge is 0.478 e. The molecule has 5 heteroatoms. The molecule has 0 spiro atoms. The summed E-state index contributed by atoms with van der Waals surface area (Å²) in [5.74, 6) is -1.64. The molecule has 0 aliphatic heterocycles. The summed E-state index contributed by atoms with van der Waals surface area (Å²) in [6, 6.07) is 12.0. The number of halogens is 1. The van der Waals surface area contributed by atoms with E-state index in [2.05, 4.69) is 0 Å². The first-order valence-corrected chi connectivity index (χ1v) is 6.33. The summed E-state index contributed by atoms with van der Waals surface area (Å²) in [5, 5.41) is 8.85. The molecule has 0 aliphatic carbocycles. The minimum atomic E-state index is -1.00. The van der Waals surface area contributed by atoms with Crippen molar-refractivity contribution in [2.75, 3.05) is 4.90 Å². The lowest BCUT2D eigenvalue weighted by Crippen LogP contribution is -2.27. The van der Waals surface area contributed by atoms with Gasteiger partial charge in [0.1, 0.15) is 5.82 Å². The van der Waals surface area contributed by atoms with Crippen molar-refractivity contribution in [3.63, 3.8) is 0 Å². The molecule has 0 fully saturated rings. The average molecular weight is 287 g/mol. The van der Waals surface area contributed by atoms with Crippen LogP contribution >= 0.6 is 0 Å². The lowest BCUT2D eigenvalue weighted by Gasteiger charge is -2.21. The monoisotopic (exact) mass is 287 g/mol. The number of carbonyl (C=O) groups excluding carboxylic acids is 1. The molecule has 0 saturated carbocycles. The van der Waals surface area contributed by atoms with Gasteiger partial charge in [0.25, 0.3) is 0 Å². The second kappa shape index (κ2) is 6.17. The number of benzene rings is 2. The SMILES string of the molecule is CC(=O)N(Cc1ccc(C(=O)O)cc1)c1cccc(F)c1. The zero-order valence-electron chi connectivity index (χ0n) is 11.4. The molecule has 2 aromatic rings. The van der Waals surface area contributed by atoms with Gasteiger partial charge in [0.2, 0.25) is 5.91 Å². The van der Waals surface area contributed by atoms with Gasteiger partial charge in [-0.2, -0.15) is 0 Å². The predicted octanol–water partition coefficient (Wildman–Crippen LogP) is 3.08. The van der Waals surface area contributed by atoms with Crippen molar-refractivity contribution in [2.45, 2.75) is 13.5 Å². The normalized spacial score (nSPS) is 10.2. The van der Waals surface area contributed by atoms with E-state index in [-0.39, 0.29) is 18.0 Å². The van der Waals surface area contributed by atoms with Crippen LogP contribution in [0.1, 0.15) is 22.8 Å². The van der Waals surface area contributed by atoms with Gasteiger partial charge >= 0.3 is 5.97 Å². The zero-order valence-corrected chi connectivity index (χ0v) is 11.4. The van der Waals surface area contributed by atoms with E-state index in [0.717, 1.165) is 5.56 Å². The Labute approximate surface area is 121 Å². The topological polar surface area (TPSA) is 57.6 Å². The summed E-state index contributed by atoms with van der Waals surface area (Å²) in [4.78, 5) is 24.0. The Morgan fingerprint density at radius 1 is 1.14 bits per heavy atom. The number of aromatic carboxylic acids is 1. The number of carboxylic acid groups (broad SMARTS) is 1. The Hall–Kier alpha value is -2.69. The Morgan fingerprint density at radius 3 is 2.33 bits per heavy atom. The van der Waals surface area contributed by atoms with E-state index in [1.807, 2.05) is 0 Å². The highest BCUT2D eigenvalue weighted by Gasteiger charge is 2.13. The molecule has 0 heterocycles. The zero-order chi connectivity index (χ0) is 15.4. The van der Waals surface area contributed by atoms with E-state index in [1.54, 1.807) is 18.2 Å². The summed E-state index contributed by atoms with van der Waals surface area (Å²) in [7, 11) is 0. The van der Waals surface area contributed by atoms with Crippen molar-refractivity contribution >= 4 is 17.6 Å². The average Bonchev–Trinajstić information content (AvgIpc) is 2.45. The fourth-order valence-electron chi connectivity index (χ4n) is 1.96. The molecular weight excluding hydrogens is 273 g/mol. The van der Waals surface area contributed by atoms with E-state index in [9.17, 15) is 14.0 Å². The summed E-state index contributed by atoms with van der Waals surface area (Å²) < 4.78 is 13.3. The van der Waals surface area contributed by atoms with Gasteiger partial charge in [0, 0.05) is 12.6 Å². The molecule has 0 aliphatic rings.